The molecule has 0 bridgehead atoms. The van der Waals surface area contributed by atoms with E-state index in [0.717, 1.165) is 21.9 Å². The van der Waals surface area contributed by atoms with E-state index in [2.05, 4.69) is 10.5 Å². The first kappa shape index (κ1) is 22.4. The zero-order valence-corrected chi connectivity index (χ0v) is 18.5. The van der Waals surface area contributed by atoms with Gasteiger partial charge in [-0.25, -0.2) is 4.79 Å². The topological polar surface area (TPSA) is 90.7 Å². The third-order valence-electron chi connectivity index (χ3n) is 4.44. The SMILES string of the molecule is CCOC(=O)COc1cccc(NC(=O)c2ccccc2SCc2c(C)noc2C)c1. The van der Waals surface area contributed by atoms with Crippen LogP contribution in [0.15, 0.2) is 57.9 Å². The summed E-state index contributed by atoms with van der Waals surface area (Å²) >= 11 is 1.55. The lowest BCUT2D eigenvalue weighted by Crippen LogP contribution is -2.15. The summed E-state index contributed by atoms with van der Waals surface area (Å²) in [5, 5.41) is 6.87. The molecule has 1 heterocycles. The molecule has 0 aliphatic carbocycles. The molecule has 1 amide bonds. The summed E-state index contributed by atoms with van der Waals surface area (Å²) in [6.07, 6.45) is 0. The van der Waals surface area contributed by atoms with Crippen LogP contribution >= 0.6 is 11.8 Å². The number of anilines is 1. The van der Waals surface area contributed by atoms with Crippen LogP contribution in [0.2, 0.25) is 0 Å². The van der Waals surface area contributed by atoms with Crippen molar-refractivity contribution in [3.8, 4) is 5.75 Å². The minimum absolute atomic E-state index is 0.188. The Morgan fingerprint density at radius 1 is 1.13 bits per heavy atom. The second-order valence-electron chi connectivity index (χ2n) is 6.66. The highest BCUT2D eigenvalue weighted by Gasteiger charge is 2.15. The lowest BCUT2D eigenvalue weighted by atomic mass is 10.2. The Bertz CT molecular complexity index is 1040. The number of nitrogens with one attached hydrogen (secondary N) is 1. The zero-order chi connectivity index (χ0) is 22.2. The molecule has 0 radical (unpaired) electrons. The number of ether oxygens (including phenoxy) is 2. The van der Waals surface area contributed by atoms with E-state index in [1.54, 1.807) is 49.0 Å². The average molecular weight is 441 g/mol. The van der Waals surface area contributed by atoms with E-state index in [1.165, 1.54) is 0 Å². The Kier molecular flexibility index (Phi) is 7.72. The number of hydrogen-bond donors (Lipinski definition) is 1. The minimum Gasteiger partial charge on any atom is -0.482 e. The van der Waals surface area contributed by atoms with Crippen LogP contribution in [0, 0.1) is 13.8 Å². The Morgan fingerprint density at radius 3 is 2.68 bits per heavy atom. The van der Waals surface area contributed by atoms with E-state index in [-0.39, 0.29) is 12.5 Å². The molecule has 1 aromatic heterocycles. The quantitative estimate of drug-likeness (QED) is 0.378. The van der Waals surface area contributed by atoms with E-state index in [1.807, 2.05) is 32.0 Å². The van der Waals surface area contributed by atoms with Gasteiger partial charge < -0.3 is 19.3 Å². The molecule has 0 spiro atoms. The standard InChI is InChI=1S/C23H24N2O5S/c1-4-28-22(26)13-29-18-9-7-8-17(12-18)24-23(27)19-10-5-6-11-21(19)31-14-20-15(2)25-30-16(20)3/h5-12H,4,13-14H2,1-3H3,(H,24,27). The fourth-order valence-corrected chi connectivity index (χ4v) is 4.05. The highest BCUT2D eigenvalue weighted by Crippen LogP contribution is 2.29. The maximum atomic E-state index is 12.9. The predicted octanol–water partition coefficient (Wildman–Crippen LogP) is 4.78. The van der Waals surface area contributed by atoms with Crippen LogP contribution in [-0.4, -0.2) is 30.2 Å². The van der Waals surface area contributed by atoms with Crippen molar-refractivity contribution in [2.45, 2.75) is 31.4 Å². The van der Waals surface area contributed by atoms with E-state index in [4.69, 9.17) is 14.0 Å². The number of benzene rings is 2. The maximum absolute atomic E-state index is 12.9. The van der Waals surface area contributed by atoms with E-state index < -0.39 is 5.97 Å². The number of hydrogen-bond acceptors (Lipinski definition) is 7. The number of esters is 1. The molecule has 162 valence electrons. The number of aryl methyl sites for hydroxylation is 2. The van der Waals surface area contributed by atoms with Crippen molar-refractivity contribution in [2.24, 2.45) is 0 Å². The van der Waals surface area contributed by atoms with Crippen LogP contribution in [0.1, 0.15) is 34.3 Å². The number of rotatable bonds is 9. The minimum atomic E-state index is -0.443. The fourth-order valence-electron chi connectivity index (χ4n) is 2.84. The Balaban J connectivity index is 1.67. The van der Waals surface area contributed by atoms with Gasteiger partial charge in [0.2, 0.25) is 0 Å². The van der Waals surface area contributed by atoms with E-state index in [9.17, 15) is 9.59 Å². The van der Waals surface area contributed by atoms with Gasteiger partial charge in [0.25, 0.3) is 5.91 Å². The van der Waals surface area contributed by atoms with Gasteiger partial charge in [-0.05, 0) is 45.0 Å². The third-order valence-corrected chi connectivity index (χ3v) is 5.54. The third kappa shape index (κ3) is 6.11. The van der Waals surface area contributed by atoms with Crippen LogP contribution in [0.5, 0.6) is 5.75 Å². The molecule has 31 heavy (non-hydrogen) atoms. The maximum Gasteiger partial charge on any atom is 0.344 e. The van der Waals surface area contributed by atoms with E-state index in [0.29, 0.717) is 29.4 Å². The van der Waals surface area contributed by atoms with Crippen LogP contribution < -0.4 is 10.1 Å². The first-order valence-electron chi connectivity index (χ1n) is 9.81. The highest BCUT2D eigenvalue weighted by atomic mass is 32.2. The molecule has 0 atom stereocenters. The van der Waals surface area contributed by atoms with Gasteiger partial charge in [0, 0.05) is 28.0 Å². The monoisotopic (exact) mass is 440 g/mol. The molecule has 0 aliphatic rings. The molecular formula is C23H24N2O5S. The summed E-state index contributed by atoms with van der Waals surface area (Å²) in [7, 11) is 0. The number of nitrogens with zero attached hydrogens (tertiary/aromatic N) is 1. The van der Waals surface area contributed by atoms with Crippen molar-refractivity contribution >= 4 is 29.3 Å². The molecule has 0 aliphatic heterocycles. The average Bonchev–Trinajstić information content (AvgIpc) is 3.09. The Labute approximate surface area is 185 Å². The molecule has 1 N–H and O–H groups in total. The molecular weight excluding hydrogens is 416 g/mol. The van der Waals surface area contributed by atoms with Crippen molar-refractivity contribution in [3.05, 3.63) is 71.1 Å². The van der Waals surface area contributed by atoms with Gasteiger partial charge >= 0.3 is 5.97 Å². The first-order valence-corrected chi connectivity index (χ1v) is 10.8. The lowest BCUT2D eigenvalue weighted by Gasteiger charge is -2.11. The van der Waals surface area contributed by atoms with Crippen LogP contribution in [0.25, 0.3) is 0 Å². The summed E-state index contributed by atoms with van der Waals surface area (Å²) in [4.78, 5) is 25.2. The number of carbonyl (C=O) groups excluding carboxylic acids is 2. The molecule has 0 fully saturated rings. The van der Waals surface area contributed by atoms with Gasteiger partial charge in [-0.15, -0.1) is 11.8 Å². The molecule has 0 unspecified atom stereocenters. The number of thioether (sulfide) groups is 1. The largest absolute Gasteiger partial charge is 0.482 e. The van der Waals surface area contributed by atoms with Crippen molar-refractivity contribution in [2.75, 3.05) is 18.5 Å². The van der Waals surface area contributed by atoms with Gasteiger partial charge in [-0.3, -0.25) is 4.79 Å². The molecule has 2 aromatic carbocycles. The summed E-state index contributed by atoms with van der Waals surface area (Å²) in [5.41, 5.74) is 3.02. The molecule has 8 heteroatoms. The van der Waals surface area contributed by atoms with Gasteiger partial charge in [0.1, 0.15) is 11.5 Å². The highest BCUT2D eigenvalue weighted by molar-refractivity contribution is 7.98. The second kappa shape index (κ2) is 10.7. The van der Waals surface area contributed by atoms with Crippen molar-refractivity contribution in [1.29, 1.82) is 0 Å². The van der Waals surface area contributed by atoms with Crippen molar-refractivity contribution < 1.29 is 23.6 Å². The molecule has 3 aromatic rings. The number of aromatic nitrogens is 1. The van der Waals surface area contributed by atoms with Crippen molar-refractivity contribution in [3.63, 3.8) is 0 Å². The normalized spacial score (nSPS) is 10.5. The smallest absolute Gasteiger partial charge is 0.344 e. The van der Waals surface area contributed by atoms with Crippen LogP contribution in [-0.2, 0) is 15.3 Å². The molecule has 7 nitrogen and oxygen atoms in total. The van der Waals surface area contributed by atoms with Gasteiger partial charge in [0.15, 0.2) is 6.61 Å². The summed E-state index contributed by atoms with van der Waals surface area (Å²) < 4.78 is 15.5. The number of carbonyl (C=O) groups is 2. The Morgan fingerprint density at radius 2 is 1.94 bits per heavy atom. The first-order chi connectivity index (χ1) is 15.0. The molecule has 0 saturated heterocycles. The molecule has 0 saturated carbocycles. The lowest BCUT2D eigenvalue weighted by molar-refractivity contribution is -0.145. The zero-order valence-electron chi connectivity index (χ0n) is 17.6. The summed E-state index contributed by atoms with van der Waals surface area (Å²) in [6, 6.07) is 14.3. The Hall–Kier alpha value is -3.26. The second-order valence-corrected chi connectivity index (χ2v) is 7.68. The van der Waals surface area contributed by atoms with Gasteiger partial charge in [0.05, 0.1) is 17.9 Å². The van der Waals surface area contributed by atoms with Crippen LogP contribution in [0.3, 0.4) is 0 Å². The summed E-state index contributed by atoms with van der Waals surface area (Å²) in [6.45, 7) is 5.63. The summed E-state index contributed by atoms with van der Waals surface area (Å²) in [5.74, 6) is 1.23. The fraction of sp³-hybridized carbons (Fsp3) is 0.261. The predicted molar refractivity (Wildman–Crippen MR) is 119 cm³/mol. The van der Waals surface area contributed by atoms with Gasteiger partial charge in [-0.2, -0.15) is 0 Å². The molecule has 3 rings (SSSR count). The van der Waals surface area contributed by atoms with E-state index >= 15 is 0 Å². The van der Waals surface area contributed by atoms with Crippen LogP contribution in [0.4, 0.5) is 5.69 Å². The van der Waals surface area contributed by atoms with Crippen molar-refractivity contribution in [1.82, 2.24) is 5.16 Å². The van der Waals surface area contributed by atoms with Gasteiger partial charge in [-0.1, -0.05) is 23.4 Å². The number of amides is 1.